The molecule has 3 rings (SSSR count). The quantitative estimate of drug-likeness (QED) is 0.263. The molecule has 0 saturated heterocycles. The molecule has 0 saturated carbocycles. The van der Waals surface area contributed by atoms with Crippen molar-refractivity contribution < 1.29 is 18.0 Å². The number of aromatic nitrogens is 2. The first kappa shape index (κ1) is 19.4. The van der Waals surface area contributed by atoms with Gasteiger partial charge in [0, 0.05) is 12.1 Å². The predicted molar refractivity (Wildman–Crippen MR) is 101 cm³/mol. The number of hydrogen-bond acceptors (Lipinski definition) is 4. The van der Waals surface area contributed by atoms with Crippen molar-refractivity contribution in [2.75, 3.05) is 5.43 Å². The zero-order valence-corrected chi connectivity index (χ0v) is 15.0. The van der Waals surface area contributed by atoms with Crippen molar-refractivity contribution in [3.8, 4) is 0 Å². The molecule has 1 aromatic heterocycles. The van der Waals surface area contributed by atoms with Gasteiger partial charge in [0.15, 0.2) is 22.2 Å². The van der Waals surface area contributed by atoms with E-state index in [0.29, 0.717) is 10.9 Å². The van der Waals surface area contributed by atoms with Crippen LogP contribution in [-0.4, -0.2) is 15.5 Å². The van der Waals surface area contributed by atoms with E-state index in [2.05, 4.69) is 22.4 Å². The first-order chi connectivity index (χ1) is 13.3. The number of aromatic amines is 1. The number of hydrogen-bond donors (Lipinski definition) is 3. The Kier molecular flexibility index (Phi) is 5.32. The predicted octanol–water partition coefficient (Wildman–Crippen LogP) is 3.42. The van der Waals surface area contributed by atoms with Crippen LogP contribution in [0.4, 0.5) is 18.9 Å². The van der Waals surface area contributed by atoms with Crippen molar-refractivity contribution in [1.82, 2.24) is 15.0 Å². The lowest BCUT2D eigenvalue weighted by atomic mass is 10.1. The van der Waals surface area contributed by atoms with Crippen LogP contribution in [0.25, 0.3) is 10.9 Å². The number of benzene rings is 2. The Labute approximate surface area is 161 Å². The van der Waals surface area contributed by atoms with Crippen LogP contribution in [0.3, 0.4) is 0 Å². The van der Waals surface area contributed by atoms with Crippen LogP contribution in [0.15, 0.2) is 47.8 Å². The van der Waals surface area contributed by atoms with Gasteiger partial charge in [-0.15, -0.1) is 6.58 Å². The van der Waals surface area contributed by atoms with Gasteiger partial charge in [-0.3, -0.25) is 25.0 Å². The van der Waals surface area contributed by atoms with Crippen molar-refractivity contribution in [2.45, 2.75) is 6.54 Å². The van der Waals surface area contributed by atoms with Crippen LogP contribution in [0.5, 0.6) is 0 Å². The summed E-state index contributed by atoms with van der Waals surface area (Å²) in [7, 11) is 0. The van der Waals surface area contributed by atoms with Gasteiger partial charge in [0.05, 0.1) is 16.6 Å². The first-order valence-electron chi connectivity index (χ1n) is 7.91. The number of hydrazine groups is 1. The van der Waals surface area contributed by atoms with Crippen LogP contribution in [-0.2, 0) is 6.54 Å². The number of fused-ring (bicyclic) bond motifs is 1. The highest BCUT2D eigenvalue weighted by Crippen LogP contribution is 2.19. The molecule has 3 N–H and O–H groups in total. The normalized spacial score (nSPS) is 10.7. The number of anilines is 1. The molecule has 28 heavy (non-hydrogen) atoms. The van der Waals surface area contributed by atoms with Crippen LogP contribution in [0.2, 0.25) is 0 Å². The average Bonchev–Trinajstić information content (AvgIpc) is 2.68. The molecule has 0 unspecified atom stereocenters. The minimum Gasteiger partial charge on any atom is -0.332 e. The lowest BCUT2D eigenvalue weighted by molar-refractivity contribution is 0.0962. The van der Waals surface area contributed by atoms with E-state index in [1.54, 1.807) is 0 Å². The van der Waals surface area contributed by atoms with Gasteiger partial charge in [-0.2, -0.15) is 0 Å². The van der Waals surface area contributed by atoms with Gasteiger partial charge in [-0.05, 0) is 42.5 Å². The first-order valence-corrected chi connectivity index (χ1v) is 8.32. The highest BCUT2D eigenvalue weighted by atomic mass is 32.1. The fraction of sp³-hybridized carbons (Fsp3) is 0.0556. The van der Waals surface area contributed by atoms with Crippen molar-refractivity contribution >= 4 is 34.7 Å². The molecule has 0 spiro atoms. The number of amides is 1. The van der Waals surface area contributed by atoms with E-state index in [9.17, 15) is 22.8 Å². The summed E-state index contributed by atoms with van der Waals surface area (Å²) >= 11 is 5.13. The van der Waals surface area contributed by atoms with E-state index in [-0.39, 0.29) is 22.4 Å². The van der Waals surface area contributed by atoms with Gasteiger partial charge >= 0.3 is 0 Å². The Morgan fingerprint density at radius 2 is 1.96 bits per heavy atom. The van der Waals surface area contributed by atoms with E-state index >= 15 is 0 Å². The minimum atomic E-state index is -1.66. The van der Waals surface area contributed by atoms with E-state index in [4.69, 9.17) is 12.2 Å². The molecular formula is C18H13F3N4O2S. The van der Waals surface area contributed by atoms with E-state index in [1.807, 2.05) is 0 Å². The molecule has 0 aliphatic heterocycles. The monoisotopic (exact) mass is 406 g/mol. The molecule has 1 amide bonds. The summed E-state index contributed by atoms with van der Waals surface area (Å²) in [5.74, 6) is -5.17. The molecule has 1 heterocycles. The smallest absolute Gasteiger partial charge is 0.269 e. The molecular weight excluding hydrogens is 393 g/mol. The van der Waals surface area contributed by atoms with Gasteiger partial charge in [0.2, 0.25) is 0 Å². The van der Waals surface area contributed by atoms with Crippen LogP contribution < -0.4 is 16.4 Å². The molecule has 0 atom stereocenters. The van der Waals surface area contributed by atoms with Gasteiger partial charge in [0.25, 0.3) is 11.5 Å². The van der Waals surface area contributed by atoms with Crippen molar-refractivity contribution in [3.05, 3.63) is 81.1 Å². The van der Waals surface area contributed by atoms with Crippen molar-refractivity contribution in [1.29, 1.82) is 0 Å². The van der Waals surface area contributed by atoms with E-state index < -0.39 is 29.0 Å². The standard InChI is InChI=1S/C18H13F3N4O2S/c1-2-7-25-17(27)10-4-3-9(8-13(10)22-18(25)28)16(26)24-23-12-6-5-11(19)14(20)15(12)21/h2-6,8,23H,1,7H2,(H,22,28)(H,24,26). The van der Waals surface area contributed by atoms with Gasteiger partial charge in [0.1, 0.15) is 0 Å². The average molecular weight is 406 g/mol. The van der Waals surface area contributed by atoms with Crippen LogP contribution in [0, 0.1) is 22.2 Å². The molecule has 0 bridgehead atoms. The highest BCUT2D eigenvalue weighted by Gasteiger charge is 2.15. The summed E-state index contributed by atoms with van der Waals surface area (Å²) in [6, 6.07) is 5.88. The second kappa shape index (κ2) is 7.69. The zero-order chi connectivity index (χ0) is 20.4. The number of carbonyl (C=O) groups excluding carboxylic acids is 1. The maximum atomic E-state index is 13.6. The Balaban J connectivity index is 1.87. The minimum absolute atomic E-state index is 0.120. The second-order valence-electron chi connectivity index (χ2n) is 5.70. The van der Waals surface area contributed by atoms with Crippen LogP contribution in [0.1, 0.15) is 10.4 Å². The molecule has 0 aliphatic carbocycles. The third-order valence-electron chi connectivity index (χ3n) is 3.90. The lowest BCUT2D eigenvalue weighted by Crippen LogP contribution is -2.30. The number of nitrogens with one attached hydrogen (secondary N) is 3. The van der Waals surface area contributed by atoms with Crippen molar-refractivity contribution in [3.63, 3.8) is 0 Å². The number of nitrogens with zero attached hydrogens (tertiary/aromatic N) is 1. The Morgan fingerprint density at radius 3 is 2.68 bits per heavy atom. The summed E-state index contributed by atoms with van der Waals surface area (Å²) in [5.41, 5.74) is 4.03. The molecule has 6 nitrogen and oxygen atoms in total. The number of H-pyrrole nitrogens is 1. The fourth-order valence-electron chi connectivity index (χ4n) is 2.51. The topological polar surface area (TPSA) is 78.9 Å². The molecule has 2 aromatic carbocycles. The molecule has 0 radical (unpaired) electrons. The SMILES string of the molecule is C=CCn1c(=S)[nH]c2cc(C(=O)NNc3ccc(F)c(F)c3F)ccc2c1=O. The summed E-state index contributed by atoms with van der Waals surface area (Å²) in [6.45, 7) is 3.80. The second-order valence-corrected chi connectivity index (χ2v) is 6.08. The number of rotatable bonds is 5. The van der Waals surface area contributed by atoms with Crippen LogP contribution >= 0.6 is 12.2 Å². The third-order valence-corrected chi connectivity index (χ3v) is 4.22. The lowest BCUT2D eigenvalue weighted by Gasteiger charge is -2.11. The molecule has 144 valence electrons. The maximum absolute atomic E-state index is 13.6. The van der Waals surface area contributed by atoms with Gasteiger partial charge < -0.3 is 4.98 Å². The van der Waals surface area contributed by atoms with E-state index in [0.717, 1.165) is 12.1 Å². The van der Waals surface area contributed by atoms with Gasteiger partial charge in [-0.1, -0.05) is 6.08 Å². The largest absolute Gasteiger partial charge is 0.332 e. The third kappa shape index (κ3) is 3.54. The summed E-state index contributed by atoms with van der Waals surface area (Å²) in [4.78, 5) is 27.6. The Bertz CT molecular complexity index is 1220. The summed E-state index contributed by atoms with van der Waals surface area (Å²) in [5, 5.41) is 0.312. The Hall–Kier alpha value is -3.40. The Morgan fingerprint density at radius 1 is 1.21 bits per heavy atom. The molecule has 3 aromatic rings. The number of allylic oxidation sites excluding steroid dienone is 1. The zero-order valence-electron chi connectivity index (χ0n) is 14.2. The fourth-order valence-corrected chi connectivity index (χ4v) is 2.78. The molecule has 10 heteroatoms. The van der Waals surface area contributed by atoms with E-state index in [1.165, 1.54) is 28.8 Å². The van der Waals surface area contributed by atoms with Gasteiger partial charge in [-0.25, -0.2) is 13.2 Å². The number of halogens is 3. The summed E-state index contributed by atoms with van der Waals surface area (Å²) in [6.07, 6.45) is 1.53. The highest BCUT2D eigenvalue weighted by molar-refractivity contribution is 7.71. The molecule has 0 aliphatic rings. The van der Waals surface area contributed by atoms with Crippen molar-refractivity contribution in [2.24, 2.45) is 0 Å². The maximum Gasteiger partial charge on any atom is 0.269 e. The number of carbonyl (C=O) groups is 1. The summed E-state index contributed by atoms with van der Waals surface area (Å²) < 4.78 is 41.3. The molecule has 0 fully saturated rings.